The van der Waals surface area contributed by atoms with Gasteiger partial charge < -0.3 is 0 Å². The quantitative estimate of drug-likeness (QED) is 0.380. The Morgan fingerprint density at radius 2 is 1.60 bits per heavy atom. The summed E-state index contributed by atoms with van der Waals surface area (Å²) in [5.74, 6) is 0. The number of thiophene rings is 2. The molecule has 0 spiro atoms. The van der Waals surface area contributed by atoms with Gasteiger partial charge in [-0.1, -0.05) is 36.4 Å². The molecule has 3 heteroatoms. The highest BCUT2D eigenvalue weighted by molar-refractivity contribution is 7.99. The lowest BCUT2D eigenvalue weighted by Gasteiger charge is -1.97. The largest absolute Gasteiger partial charge is 0.134 e. The van der Waals surface area contributed by atoms with Gasteiger partial charge in [-0.3, -0.25) is 0 Å². The topological polar surface area (TPSA) is 0 Å². The van der Waals surface area contributed by atoms with Gasteiger partial charge >= 0.3 is 0 Å². The number of fused-ring (bicyclic) bond motifs is 2. The fourth-order valence-corrected chi connectivity index (χ4v) is 5.95. The maximum absolute atomic E-state index is 2.32. The van der Waals surface area contributed by atoms with E-state index >= 15 is 0 Å². The highest BCUT2D eigenvalue weighted by Crippen LogP contribution is 2.46. The van der Waals surface area contributed by atoms with Crippen LogP contribution in [0.25, 0.3) is 29.9 Å². The Morgan fingerprint density at radius 3 is 2.40 bits per heavy atom. The van der Waals surface area contributed by atoms with Gasteiger partial charge in [0, 0.05) is 24.6 Å². The van der Waals surface area contributed by atoms with Crippen molar-refractivity contribution >= 4 is 54.6 Å². The van der Waals surface area contributed by atoms with Crippen molar-refractivity contribution < 1.29 is 0 Å². The van der Waals surface area contributed by atoms with Crippen LogP contribution in [0, 0.1) is 0 Å². The van der Waals surface area contributed by atoms with Gasteiger partial charge in [0.1, 0.15) is 0 Å². The Kier molecular flexibility index (Phi) is 3.06. The third-order valence-electron chi connectivity index (χ3n) is 3.40. The van der Waals surface area contributed by atoms with Crippen molar-refractivity contribution in [2.45, 2.75) is 4.90 Å². The Labute approximate surface area is 130 Å². The maximum atomic E-state index is 2.32. The highest BCUT2D eigenvalue weighted by atomic mass is 32.2. The average Bonchev–Trinajstić information content (AvgIpc) is 3.07. The molecule has 0 unspecified atom stereocenters. The van der Waals surface area contributed by atoms with Crippen LogP contribution in [-0.2, 0) is 0 Å². The predicted octanol–water partition coefficient (Wildman–Crippen LogP) is 6.50. The maximum Gasteiger partial charge on any atom is 0.0591 e. The second-order valence-corrected chi connectivity index (χ2v) is 7.56. The van der Waals surface area contributed by atoms with Crippen molar-refractivity contribution in [2.75, 3.05) is 6.26 Å². The number of benzene rings is 2. The van der Waals surface area contributed by atoms with Gasteiger partial charge in [-0.2, -0.15) is 0 Å². The first-order valence-electron chi connectivity index (χ1n) is 6.41. The Morgan fingerprint density at radius 1 is 0.850 bits per heavy atom. The van der Waals surface area contributed by atoms with E-state index in [0.717, 1.165) is 0 Å². The summed E-state index contributed by atoms with van der Waals surface area (Å²) in [5.41, 5.74) is 0. The number of thioether (sulfide) groups is 1. The normalized spacial score (nSPS) is 11.4. The van der Waals surface area contributed by atoms with Crippen molar-refractivity contribution in [3.8, 4) is 9.75 Å². The van der Waals surface area contributed by atoms with Crippen LogP contribution in [0.3, 0.4) is 0 Å². The summed E-state index contributed by atoms with van der Waals surface area (Å²) < 4.78 is 2.75. The summed E-state index contributed by atoms with van der Waals surface area (Å²) in [7, 11) is 0. The molecule has 4 aromatic rings. The van der Waals surface area contributed by atoms with Gasteiger partial charge in [-0.05, 0) is 29.8 Å². The third-order valence-corrected chi connectivity index (χ3v) is 6.83. The monoisotopic (exact) mass is 312 g/mol. The zero-order valence-corrected chi connectivity index (χ0v) is 13.4. The first kappa shape index (κ1) is 12.5. The summed E-state index contributed by atoms with van der Waals surface area (Å²) in [6.07, 6.45) is 2.17. The van der Waals surface area contributed by atoms with Gasteiger partial charge in [0.25, 0.3) is 0 Å². The van der Waals surface area contributed by atoms with Crippen LogP contribution in [0.1, 0.15) is 0 Å². The van der Waals surface area contributed by atoms with Gasteiger partial charge in [-0.25, -0.2) is 0 Å². The van der Waals surface area contributed by atoms with Crippen LogP contribution in [0.4, 0.5) is 0 Å². The van der Waals surface area contributed by atoms with Crippen molar-refractivity contribution in [2.24, 2.45) is 0 Å². The number of hydrogen-bond donors (Lipinski definition) is 0. The predicted molar refractivity (Wildman–Crippen MR) is 94.4 cm³/mol. The van der Waals surface area contributed by atoms with Gasteiger partial charge in [0.05, 0.1) is 4.88 Å². The number of hydrogen-bond acceptors (Lipinski definition) is 3. The summed E-state index contributed by atoms with van der Waals surface area (Å²) in [6, 6.07) is 19.6. The molecule has 0 fully saturated rings. The molecule has 0 amide bonds. The molecule has 2 heterocycles. The molecule has 0 bridgehead atoms. The molecule has 2 aromatic heterocycles. The third kappa shape index (κ3) is 1.89. The molecule has 98 valence electrons. The Bertz CT molecular complexity index is 866. The molecular weight excluding hydrogens is 300 g/mol. The molecule has 0 nitrogen and oxygen atoms in total. The highest BCUT2D eigenvalue weighted by Gasteiger charge is 2.14. The van der Waals surface area contributed by atoms with E-state index in [-0.39, 0.29) is 0 Å². The second-order valence-electron chi connectivity index (χ2n) is 4.61. The van der Waals surface area contributed by atoms with Crippen molar-refractivity contribution in [1.29, 1.82) is 0 Å². The van der Waals surface area contributed by atoms with Gasteiger partial charge in [0.2, 0.25) is 0 Å². The van der Waals surface area contributed by atoms with Crippen LogP contribution in [-0.4, -0.2) is 6.26 Å². The van der Waals surface area contributed by atoms with E-state index in [1.54, 1.807) is 0 Å². The minimum absolute atomic E-state index is 1.34. The molecular formula is C17H12S3. The molecule has 0 aliphatic carbocycles. The van der Waals surface area contributed by atoms with E-state index < -0.39 is 0 Å². The Balaban J connectivity index is 2.01. The molecule has 4 rings (SSSR count). The zero-order chi connectivity index (χ0) is 13.5. The van der Waals surface area contributed by atoms with E-state index in [1.165, 1.54) is 34.8 Å². The van der Waals surface area contributed by atoms with Crippen LogP contribution in [0.15, 0.2) is 59.5 Å². The SMILES string of the molecule is CSc1c(-c2cc3ccccc3s2)sc2ccccc12. The van der Waals surface area contributed by atoms with Crippen LogP contribution in [0.2, 0.25) is 0 Å². The van der Waals surface area contributed by atoms with Gasteiger partial charge in [0.15, 0.2) is 0 Å². The van der Waals surface area contributed by atoms with Crippen LogP contribution in [0.5, 0.6) is 0 Å². The summed E-state index contributed by atoms with van der Waals surface area (Å²) in [4.78, 5) is 4.22. The van der Waals surface area contributed by atoms with Crippen LogP contribution < -0.4 is 0 Å². The first-order chi connectivity index (χ1) is 9.86. The summed E-state index contributed by atoms with van der Waals surface area (Å²) >= 11 is 5.65. The Hall–Kier alpha value is -1.29. The molecule has 0 saturated carbocycles. The summed E-state index contributed by atoms with van der Waals surface area (Å²) in [5, 5.41) is 2.73. The molecule has 0 N–H and O–H groups in total. The molecule has 0 atom stereocenters. The minimum atomic E-state index is 1.34. The van der Waals surface area contributed by atoms with E-state index in [1.807, 2.05) is 34.4 Å². The van der Waals surface area contributed by atoms with E-state index in [2.05, 4.69) is 60.9 Å². The second kappa shape index (κ2) is 4.92. The van der Waals surface area contributed by atoms with E-state index in [9.17, 15) is 0 Å². The molecule has 0 saturated heterocycles. The minimum Gasteiger partial charge on any atom is -0.134 e. The lowest BCUT2D eigenvalue weighted by molar-refractivity contribution is 1.66. The van der Waals surface area contributed by atoms with Crippen molar-refractivity contribution in [3.63, 3.8) is 0 Å². The molecule has 0 radical (unpaired) electrons. The average molecular weight is 312 g/mol. The molecule has 0 aliphatic rings. The lowest BCUT2D eigenvalue weighted by atomic mass is 10.2. The summed E-state index contributed by atoms with van der Waals surface area (Å²) in [6.45, 7) is 0. The smallest absolute Gasteiger partial charge is 0.0591 e. The van der Waals surface area contributed by atoms with Crippen LogP contribution >= 0.6 is 34.4 Å². The fraction of sp³-hybridized carbons (Fsp3) is 0.0588. The molecule has 2 aromatic carbocycles. The lowest BCUT2D eigenvalue weighted by Crippen LogP contribution is -1.70. The van der Waals surface area contributed by atoms with Crippen molar-refractivity contribution in [3.05, 3.63) is 54.6 Å². The standard InChI is InChI=1S/C17H12S3/c1-18-16-12-7-3-5-9-14(12)20-17(16)15-10-11-6-2-4-8-13(11)19-15/h2-10H,1H3. The fourth-order valence-electron chi connectivity index (χ4n) is 2.48. The molecule has 0 aliphatic heterocycles. The van der Waals surface area contributed by atoms with E-state index in [4.69, 9.17) is 0 Å². The molecule has 20 heavy (non-hydrogen) atoms. The zero-order valence-electron chi connectivity index (χ0n) is 10.9. The number of rotatable bonds is 2. The van der Waals surface area contributed by atoms with E-state index in [0.29, 0.717) is 0 Å². The van der Waals surface area contributed by atoms with Crippen molar-refractivity contribution in [1.82, 2.24) is 0 Å². The first-order valence-corrected chi connectivity index (χ1v) is 9.27. The van der Waals surface area contributed by atoms with Gasteiger partial charge in [-0.15, -0.1) is 34.4 Å².